The van der Waals surface area contributed by atoms with Crippen LogP contribution in [0.4, 0.5) is 4.70 Å². The second-order valence-corrected chi connectivity index (χ2v) is 0. The summed E-state index contributed by atoms with van der Waals surface area (Å²) >= 11 is 0. The maximum atomic E-state index is 0. The minimum Gasteiger partial charge on any atom is -0.693 e. The molecule has 0 aliphatic rings. The van der Waals surface area contributed by atoms with E-state index in [2.05, 4.69) is 0 Å². The van der Waals surface area contributed by atoms with Crippen molar-refractivity contribution in [3.63, 3.8) is 0 Å². The molecule has 0 aromatic rings. The van der Waals surface area contributed by atoms with E-state index >= 15 is 0 Å². The van der Waals surface area contributed by atoms with Crippen LogP contribution in [-0.4, -0.2) is 0 Å². The molecule has 0 bridgehead atoms. The largest absolute Gasteiger partial charge is 0.693 e. The summed E-state index contributed by atoms with van der Waals surface area (Å²) in [5, 5.41) is 0. The second kappa shape index (κ2) is 56.5. The van der Waals surface area contributed by atoms with E-state index in [1.165, 1.54) is 0 Å². The molecule has 2 nitrogen and oxygen atoms in total. The minimum absolute atomic E-state index is 0. The predicted molar refractivity (Wildman–Crippen MR) is 12.8 cm³/mol. The van der Waals surface area contributed by atoms with Gasteiger partial charge in [0.25, 0.3) is 0 Å². The molecular formula is H6FN2NbTa-. The molecule has 0 aliphatic heterocycles. The van der Waals surface area contributed by atoms with Crippen LogP contribution in [0.25, 0.3) is 6.15 Å². The zero-order chi connectivity index (χ0) is 0. The molecule has 0 unspecified atom stereocenters. The van der Waals surface area contributed by atoms with Crippen molar-refractivity contribution in [2.45, 2.75) is 0 Å². The smallest absolute Gasteiger partial charge is 0 e. The van der Waals surface area contributed by atoms with Crippen LogP contribution < -0.4 is 6.15 Å². The third-order valence-corrected chi connectivity index (χ3v) is 0. The van der Waals surface area contributed by atoms with Gasteiger partial charge in [0.15, 0.2) is 0 Å². The topological polar surface area (TPSA) is 68.5 Å². The Morgan fingerprint density at radius 1 is 1.00 bits per heavy atom. The van der Waals surface area contributed by atoms with Crippen molar-refractivity contribution in [1.82, 2.24) is 6.15 Å². The molecule has 0 spiro atoms. The second-order valence-electron chi connectivity index (χ2n) is 0. The number of rotatable bonds is 0. The van der Waals surface area contributed by atoms with Crippen LogP contribution in [0.5, 0.6) is 0 Å². The van der Waals surface area contributed by atoms with Gasteiger partial charge in [0.2, 0.25) is 0 Å². The SMILES string of the molecule is F.N.[NH2-].[Nb].[Ta]. The molecule has 0 atom stereocenters. The monoisotopic (exact) mass is 327 g/mol. The summed E-state index contributed by atoms with van der Waals surface area (Å²) in [4.78, 5) is 0. The Hall–Kier alpha value is 1.33. The van der Waals surface area contributed by atoms with Crippen LogP contribution in [-0.2, 0) is 44.8 Å². The van der Waals surface area contributed by atoms with Gasteiger partial charge in [0.1, 0.15) is 0 Å². The van der Waals surface area contributed by atoms with E-state index < -0.39 is 0 Å². The average molecular weight is 327 g/mol. The first kappa shape index (κ1) is 102. The number of halogens is 1. The van der Waals surface area contributed by atoms with E-state index in [0.29, 0.717) is 0 Å². The summed E-state index contributed by atoms with van der Waals surface area (Å²) in [6.45, 7) is 0. The number of nitrogens with two attached hydrogens (primary N) is 1. The normalized spacial score (nSPS) is 0. The van der Waals surface area contributed by atoms with Gasteiger partial charge in [-0.15, -0.1) is 0 Å². The van der Waals surface area contributed by atoms with Crippen LogP contribution in [0.3, 0.4) is 0 Å². The Balaban J connectivity index is 0. The summed E-state index contributed by atoms with van der Waals surface area (Å²) in [6, 6.07) is 0. The zero-order valence-corrected chi connectivity index (χ0v) is 8.00. The van der Waals surface area contributed by atoms with Crippen LogP contribution in [0.15, 0.2) is 0 Å². The van der Waals surface area contributed by atoms with Gasteiger partial charge < -0.3 is 12.3 Å². The molecule has 2 radical (unpaired) electrons. The summed E-state index contributed by atoms with van der Waals surface area (Å²) in [5.41, 5.74) is 0. The first-order valence-electron chi connectivity index (χ1n) is 0. The van der Waals surface area contributed by atoms with E-state index in [1.807, 2.05) is 0 Å². The molecule has 0 amide bonds. The fraction of sp³-hybridized carbons (Fsp3) is 0. The Bertz CT molecular complexity index is 9.61. The summed E-state index contributed by atoms with van der Waals surface area (Å²) in [7, 11) is 0. The molecule has 0 rings (SSSR count). The third-order valence-electron chi connectivity index (χ3n) is 0. The van der Waals surface area contributed by atoms with Gasteiger partial charge in [-0.1, -0.05) is 0 Å². The van der Waals surface area contributed by atoms with Crippen LogP contribution in [0.2, 0.25) is 0 Å². The first-order valence-corrected chi connectivity index (χ1v) is 0. The molecule has 5 N–H and O–H groups in total. The van der Waals surface area contributed by atoms with E-state index in [1.54, 1.807) is 0 Å². The molecule has 0 saturated carbocycles. The molecular weight excluding hydrogens is 321 g/mol. The molecule has 0 heterocycles. The Morgan fingerprint density at radius 2 is 1.00 bits per heavy atom. The van der Waals surface area contributed by atoms with E-state index in [0.717, 1.165) is 0 Å². The Labute approximate surface area is 61.6 Å². The van der Waals surface area contributed by atoms with Gasteiger partial charge >= 0.3 is 0 Å². The third kappa shape index (κ3) is 33.4. The molecule has 0 saturated heterocycles. The fourth-order valence-corrected chi connectivity index (χ4v) is 0. The Morgan fingerprint density at radius 3 is 1.00 bits per heavy atom. The van der Waals surface area contributed by atoms with Crippen LogP contribution in [0, 0.1) is 0 Å². The van der Waals surface area contributed by atoms with Crippen molar-refractivity contribution in [3.05, 3.63) is 6.15 Å². The van der Waals surface area contributed by atoms with Gasteiger partial charge in [0, 0.05) is 44.8 Å². The average Bonchev–Trinajstić information content (AvgIpc) is 0. The molecule has 5 heteroatoms. The van der Waals surface area contributed by atoms with Crippen molar-refractivity contribution < 1.29 is 49.5 Å². The fourth-order valence-electron chi connectivity index (χ4n) is 0. The standard InChI is InChI=1S/FH.H3N.H2N.Nb.Ta/h1H;1H3;1H2;;/q;;-1;;. The van der Waals surface area contributed by atoms with Gasteiger partial charge in [-0.05, 0) is 0 Å². The van der Waals surface area contributed by atoms with Crippen molar-refractivity contribution in [2.75, 3.05) is 0 Å². The molecule has 34 valence electrons. The quantitative estimate of drug-likeness (QED) is 0.664. The van der Waals surface area contributed by atoms with E-state index in [-0.39, 0.29) is 61.8 Å². The van der Waals surface area contributed by atoms with Crippen molar-refractivity contribution in [3.8, 4) is 0 Å². The number of hydrogen-bond donors (Lipinski definition) is 1. The van der Waals surface area contributed by atoms with Gasteiger partial charge in [-0.2, -0.15) is 0 Å². The van der Waals surface area contributed by atoms with Gasteiger partial charge in [-0.25, -0.2) is 0 Å². The summed E-state index contributed by atoms with van der Waals surface area (Å²) < 4.78 is 0. The van der Waals surface area contributed by atoms with Crippen molar-refractivity contribution in [2.24, 2.45) is 0 Å². The molecule has 0 fully saturated rings. The molecule has 0 aromatic carbocycles. The number of hydrogen-bond acceptors (Lipinski definition) is 1. The summed E-state index contributed by atoms with van der Waals surface area (Å²) in [6.07, 6.45) is 0. The first-order chi connectivity index (χ1) is 0. The van der Waals surface area contributed by atoms with Crippen molar-refractivity contribution >= 4 is 0 Å². The predicted octanol–water partition coefficient (Wildman–Crippen LogP) is 1.03. The maximum absolute atomic E-state index is 0. The molecule has 0 aromatic heterocycles. The molecule has 5 heavy (non-hydrogen) atoms. The van der Waals surface area contributed by atoms with Crippen LogP contribution in [0.1, 0.15) is 0 Å². The van der Waals surface area contributed by atoms with Crippen LogP contribution >= 0.6 is 0 Å². The Kier molecular flexibility index (Phi) is 1150. The van der Waals surface area contributed by atoms with Gasteiger partial charge in [-0.3, -0.25) is 4.70 Å². The summed E-state index contributed by atoms with van der Waals surface area (Å²) in [5.74, 6) is 0. The van der Waals surface area contributed by atoms with Crippen molar-refractivity contribution in [1.29, 1.82) is 0 Å². The molecule has 0 aliphatic carbocycles. The van der Waals surface area contributed by atoms with Gasteiger partial charge in [0.05, 0.1) is 0 Å². The van der Waals surface area contributed by atoms with E-state index in [9.17, 15) is 0 Å². The maximum Gasteiger partial charge on any atom is 0 e. The minimum atomic E-state index is 0. The zero-order valence-electron chi connectivity index (χ0n) is 2.59. The van der Waals surface area contributed by atoms with E-state index in [4.69, 9.17) is 0 Å².